The number of benzene rings is 2. The maximum Gasteiger partial charge on any atom is 0.323 e. The molecule has 0 fully saturated rings. The van der Waals surface area contributed by atoms with Crippen LogP contribution in [0, 0.1) is 0 Å². The van der Waals surface area contributed by atoms with Crippen molar-refractivity contribution in [1.82, 2.24) is 4.98 Å². The van der Waals surface area contributed by atoms with E-state index in [1.807, 2.05) is 36.4 Å². The summed E-state index contributed by atoms with van der Waals surface area (Å²) in [6.45, 7) is 0. The van der Waals surface area contributed by atoms with Crippen LogP contribution in [-0.4, -0.2) is 22.1 Å². The number of nitrogens with one attached hydrogen (secondary N) is 2. The van der Waals surface area contributed by atoms with Crippen LogP contribution in [0.15, 0.2) is 73.1 Å². The highest BCUT2D eigenvalue weighted by atomic mass is 35.5. The number of unbranched alkanes of at least 4 members (excludes halogenated alkanes) is 1. The number of nitrogens with zero attached hydrogens (tertiary/aromatic N) is 1. The fraction of sp³-hybridized carbons (Fsp3) is 0.125. The van der Waals surface area contributed by atoms with E-state index in [9.17, 15) is 9.59 Å². The van der Waals surface area contributed by atoms with E-state index in [4.69, 9.17) is 28.3 Å². The molecular formula is C24H21Cl2N3O3. The van der Waals surface area contributed by atoms with Gasteiger partial charge in [-0.3, -0.25) is 9.78 Å². The minimum Gasteiger partial charge on any atom is -0.481 e. The summed E-state index contributed by atoms with van der Waals surface area (Å²) in [5.41, 5.74) is 3.66. The Morgan fingerprint density at radius 1 is 1.00 bits per heavy atom. The van der Waals surface area contributed by atoms with Crippen LogP contribution in [0.25, 0.3) is 5.57 Å². The van der Waals surface area contributed by atoms with Crippen LogP contribution in [0.4, 0.5) is 16.2 Å². The average Bonchev–Trinajstić information content (AvgIpc) is 2.77. The van der Waals surface area contributed by atoms with Crippen molar-refractivity contribution in [3.63, 3.8) is 0 Å². The van der Waals surface area contributed by atoms with Crippen molar-refractivity contribution in [3.05, 3.63) is 94.2 Å². The smallest absolute Gasteiger partial charge is 0.323 e. The van der Waals surface area contributed by atoms with Gasteiger partial charge < -0.3 is 15.7 Å². The van der Waals surface area contributed by atoms with Gasteiger partial charge in [0.05, 0.1) is 15.7 Å². The van der Waals surface area contributed by atoms with Crippen LogP contribution in [0.2, 0.25) is 10.0 Å². The highest BCUT2D eigenvalue weighted by molar-refractivity contribution is 6.44. The van der Waals surface area contributed by atoms with Gasteiger partial charge in [0.15, 0.2) is 0 Å². The molecule has 0 aliphatic rings. The lowest BCUT2D eigenvalue weighted by Gasteiger charge is -2.12. The normalized spacial score (nSPS) is 11.1. The Kier molecular flexibility index (Phi) is 8.25. The van der Waals surface area contributed by atoms with Gasteiger partial charge in [-0.15, -0.1) is 0 Å². The molecule has 3 N–H and O–H groups in total. The minimum absolute atomic E-state index is 0.102. The number of hydrogen-bond donors (Lipinski definition) is 3. The first-order valence-corrected chi connectivity index (χ1v) is 10.6. The monoisotopic (exact) mass is 469 g/mol. The van der Waals surface area contributed by atoms with Crippen molar-refractivity contribution in [2.45, 2.75) is 19.3 Å². The van der Waals surface area contributed by atoms with Gasteiger partial charge in [0, 0.05) is 30.1 Å². The summed E-state index contributed by atoms with van der Waals surface area (Å²) in [6.07, 6.45) is 6.66. The molecule has 1 aromatic heterocycles. The number of anilines is 2. The standard InChI is InChI=1S/C24H21Cl2N3O3/c25-20-10-4-11-21(23(20)26)29-24(32)28-18-8-3-6-16(14-18)19(9-1-2-12-22(30)31)17-7-5-13-27-15-17/h3-11,13-15H,1-2,12H2,(H,30,31)(H2,28,29,32)/b19-9-. The Labute approximate surface area is 195 Å². The van der Waals surface area contributed by atoms with Gasteiger partial charge in [0.2, 0.25) is 0 Å². The van der Waals surface area contributed by atoms with Crippen molar-refractivity contribution in [2.75, 3.05) is 10.6 Å². The Hall–Kier alpha value is -3.35. The van der Waals surface area contributed by atoms with Crippen molar-refractivity contribution < 1.29 is 14.7 Å². The molecule has 0 unspecified atom stereocenters. The first-order valence-electron chi connectivity index (χ1n) is 9.89. The van der Waals surface area contributed by atoms with Crippen LogP contribution in [0.5, 0.6) is 0 Å². The molecular weight excluding hydrogens is 449 g/mol. The van der Waals surface area contributed by atoms with Gasteiger partial charge in [-0.2, -0.15) is 0 Å². The lowest BCUT2D eigenvalue weighted by atomic mass is 9.97. The Morgan fingerprint density at radius 2 is 1.78 bits per heavy atom. The van der Waals surface area contributed by atoms with Crippen LogP contribution in [-0.2, 0) is 4.79 Å². The molecule has 164 valence electrons. The zero-order valence-corrected chi connectivity index (χ0v) is 18.5. The summed E-state index contributed by atoms with van der Waals surface area (Å²) in [5, 5.41) is 15.0. The number of aliphatic carboxylic acids is 1. The molecule has 0 saturated heterocycles. The second-order valence-corrected chi connectivity index (χ2v) is 7.69. The summed E-state index contributed by atoms with van der Waals surface area (Å²) >= 11 is 12.1. The molecule has 32 heavy (non-hydrogen) atoms. The van der Waals surface area contributed by atoms with E-state index in [1.165, 1.54) is 0 Å². The number of carbonyl (C=O) groups excluding carboxylic acids is 1. The number of hydrogen-bond acceptors (Lipinski definition) is 3. The average molecular weight is 470 g/mol. The highest BCUT2D eigenvalue weighted by Crippen LogP contribution is 2.30. The summed E-state index contributed by atoms with van der Waals surface area (Å²) in [7, 11) is 0. The van der Waals surface area contributed by atoms with Gasteiger partial charge in [0.25, 0.3) is 0 Å². The molecule has 0 saturated carbocycles. The molecule has 0 spiro atoms. The van der Waals surface area contributed by atoms with E-state index in [1.54, 1.807) is 36.7 Å². The van der Waals surface area contributed by atoms with Crippen LogP contribution in [0.1, 0.15) is 30.4 Å². The third-order valence-electron chi connectivity index (χ3n) is 4.55. The van der Waals surface area contributed by atoms with Crippen LogP contribution < -0.4 is 10.6 Å². The molecule has 1 heterocycles. The SMILES string of the molecule is O=C(O)CCC/C=C(\c1cccnc1)c1cccc(NC(=O)Nc2cccc(Cl)c2Cl)c1. The second kappa shape index (κ2) is 11.3. The number of allylic oxidation sites excluding steroid dienone is 1. The molecule has 0 radical (unpaired) electrons. The molecule has 0 aliphatic heterocycles. The van der Waals surface area contributed by atoms with Crippen molar-refractivity contribution in [1.29, 1.82) is 0 Å². The number of carboxylic acid groups (broad SMARTS) is 1. The Bertz CT molecular complexity index is 1130. The van der Waals surface area contributed by atoms with Gasteiger partial charge in [-0.05, 0) is 54.3 Å². The Morgan fingerprint density at radius 3 is 2.53 bits per heavy atom. The largest absolute Gasteiger partial charge is 0.481 e. The van der Waals surface area contributed by atoms with Gasteiger partial charge in [-0.1, -0.05) is 53.5 Å². The third kappa shape index (κ3) is 6.57. The molecule has 6 nitrogen and oxygen atoms in total. The molecule has 3 rings (SSSR count). The number of pyridine rings is 1. The first-order chi connectivity index (χ1) is 15.4. The lowest BCUT2D eigenvalue weighted by molar-refractivity contribution is -0.137. The zero-order chi connectivity index (χ0) is 22.9. The fourth-order valence-electron chi connectivity index (χ4n) is 3.07. The molecule has 3 aromatic rings. The van der Waals surface area contributed by atoms with Crippen molar-refractivity contribution in [2.24, 2.45) is 0 Å². The van der Waals surface area contributed by atoms with Gasteiger partial charge in [-0.25, -0.2) is 4.79 Å². The topological polar surface area (TPSA) is 91.3 Å². The molecule has 0 bridgehead atoms. The van der Waals surface area contributed by atoms with Crippen LogP contribution >= 0.6 is 23.2 Å². The molecule has 2 amide bonds. The van der Waals surface area contributed by atoms with E-state index >= 15 is 0 Å². The number of amides is 2. The van der Waals surface area contributed by atoms with Crippen LogP contribution in [0.3, 0.4) is 0 Å². The van der Waals surface area contributed by atoms with Gasteiger partial charge >= 0.3 is 12.0 Å². The predicted octanol–water partition coefficient (Wildman–Crippen LogP) is 6.72. The van der Waals surface area contributed by atoms with E-state index in [2.05, 4.69) is 15.6 Å². The fourth-order valence-corrected chi connectivity index (χ4v) is 3.42. The van der Waals surface area contributed by atoms with E-state index in [0.29, 0.717) is 29.2 Å². The summed E-state index contributed by atoms with van der Waals surface area (Å²) in [5.74, 6) is -0.821. The third-order valence-corrected chi connectivity index (χ3v) is 5.37. The summed E-state index contributed by atoms with van der Waals surface area (Å²) in [6, 6.07) is 15.7. The quantitative estimate of drug-likeness (QED) is 0.319. The maximum absolute atomic E-state index is 12.5. The molecule has 0 aliphatic carbocycles. The molecule has 8 heteroatoms. The number of carboxylic acids is 1. The second-order valence-electron chi connectivity index (χ2n) is 6.91. The summed E-state index contributed by atoms with van der Waals surface area (Å²) in [4.78, 5) is 27.5. The minimum atomic E-state index is -0.821. The number of urea groups is 1. The van der Waals surface area contributed by atoms with Crippen molar-refractivity contribution in [3.8, 4) is 0 Å². The van der Waals surface area contributed by atoms with E-state index in [-0.39, 0.29) is 11.4 Å². The highest BCUT2D eigenvalue weighted by Gasteiger charge is 2.10. The predicted molar refractivity (Wildman–Crippen MR) is 128 cm³/mol. The number of carbonyl (C=O) groups is 2. The van der Waals surface area contributed by atoms with Gasteiger partial charge in [0.1, 0.15) is 0 Å². The van der Waals surface area contributed by atoms with E-state index < -0.39 is 12.0 Å². The molecule has 0 atom stereocenters. The maximum atomic E-state index is 12.5. The number of halogens is 2. The molecule has 2 aromatic carbocycles. The number of aromatic nitrogens is 1. The zero-order valence-electron chi connectivity index (χ0n) is 17.0. The van der Waals surface area contributed by atoms with Crippen molar-refractivity contribution >= 4 is 52.2 Å². The Balaban J connectivity index is 1.79. The van der Waals surface area contributed by atoms with E-state index in [0.717, 1.165) is 16.7 Å². The number of rotatable bonds is 8. The lowest BCUT2D eigenvalue weighted by Crippen LogP contribution is -2.19. The first kappa shape index (κ1) is 23.3. The summed E-state index contributed by atoms with van der Waals surface area (Å²) < 4.78 is 0.